The molecule has 0 spiro atoms. The zero-order valence-electron chi connectivity index (χ0n) is 12.9. The molecule has 0 unspecified atom stereocenters. The van der Waals surface area contributed by atoms with Crippen LogP contribution in [-0.2, 0) is 6.42 Å². The molecule has 1 aliphatic heterocycles. The maximum absolute atomic E-state index is 12.7. The highest BCUT2D eigenvalue weighted by molar-refractivity contribution is 6.13. The lowest BCUT2D eigenvalue weighted by atomic mass is 9.99. The van der Waals surface area contributed by atoms with Crippen molar-refractivity contribution in [2.24, 2.45) is 5.92 Å². The molecular formula is C18H15N3O2. The first kappa shape index (κ1) is 13.8. The van der Waals surface area contributed by atoms with Crippen molar-refractivity contribution in [2.75, 3.05) is 0 Å². The summed E-state index contributed by atoms with van der Waals surface area (Å²) in [6.45, 7) is 4.27. The average molecular weight is 305 g/mol. The Bertz CT molecular complexity index is 1020. The van der Waals surface area contributed by atoms with Gasteiger partial charge in [-0.3, -0.25) is 19.1 Å². The van der Waals surface area contributed by atoms with Gasteiger partial charge in [-0.05, 0) is 36.1 Å². The number of carbonyl (C=O) groups is 1. The zero-order valence-corrected chi connectivity index (χ0v) is 12.9. The highest BCUT2D eigenvalue weighted by Crippen LogP contribution is 2.27. The van der Waals surface area contributed by atoms with Gasteiger partial charge in [0, 0.05) is 12.4 Å². The molecule has 3 aromatic rings. The summed E-state index contributed by atoms with van der Waals surface area (Å²) in [5.41, 5.74) is 2.51. The second-order valence-electron chi connectivity index (χ2n) is 6.25. The number of hydrogen-bond acceptors (Lipinski definition) is 4. The fourth-order valence-corrected chi connectivity index (χ4v) is 3.08. The topological polar surface area (TPSA) is 64.8 Å². The van der Waals surface area contributed by atoms with Crippen LogP contribution in [0.1, 0.15) is 35.6 Å². The zero-order chi connectivity index (χ0) is 16.1. The molecule has 0 amide bonds. The van der Waals surface area contributed by atoms with Gasteiger partial charge in [-0.1, -0.05) is 19.9 Å². The molecule has 0 radical (unpaired) electrons. The summed E-state index contributed by atoms with van der Waals surface area (Å²) >= 11 is 0. The summed E-state index contributed by atoms with van der Waals surface area (Å²) in [7, 11) is 0. The Hall–Kier alpha value is -2.82. The Morgan fingerprint density at radius 1 is 1.17 bits per heavy atom. The van der Waals surface area contributed by atoms with Crippen molar-refractivity contribution < 1.29 is 4.79 Å². The van der Waals surface area contributed by atoms with Gasteiger partial charge in [0.2, 0.25) is 5.78 Å². The summed E-state index contributed by atoms with van der Waals surface area (Å²) in [4.78, 5) is 33.8. The number of rotatable bonds is 2. The summed E-state index contributed by atoms with van der Waals surface area (Å²) in [5, 5.41) is 0.420. The van der Waals surface area contributed by atoms with Crippen molar-refractivity contribution in [3.63, 3.8) is 0 Å². The first-order valence-electron chi connectivity index (χ1n) is 7.61. The number of fused-ring (bicyclic) bond motifs is 4. The van der Waals surface area contributed by atoms with Crippen molar-refractivity contribution in [3.8, 4) is 5.69 Å². The number of aromatic nitrogens is 3. The molecule has 23 heavy (non-hydrogen) atoms. The summed E-state index contributed by atoms with van der Waals surface area (Å²) in [6, 6.07) is 7.35. The van der Waals surface area contributed by atoms with Crippen LogP contribution in [0.3, 0.4) is 0 Å². The fraction of sp³-hybridized carbons (Fsp3) is 0.222. The van der Waals surface area contributed by atoms with Crippen LogP contribution < -0.4 is 5.56 Å². The van der Waals surface area contributed by atoms with E-state index < -0.39 is 0 Å². The Labute approximate surface area is 132 Å². The van der Waals surface area contributed by atoms with E-state index >= 15 is 0 Å². The van der Waals surface area contributed by atoms with Crippen molar-refractivity contribution in [3.05, 3.63) is 64.0 Å². The van der Waals surface area contributed by atoms with E-state index in [1.54, 1.807) is 12.3 Å². The van der Waals surface area contributed by atoms with Crippen LogP contribution in [0.5, 0.6) is 0 Å². The number of nitrogens with zero attached hydrogens (tertiary/aromatic N) is 3. The van der Waals surface area contributed by atoms with Crippen LogP contribution in [0.15, 0.2) is 41.5 Å². The molecule has 0 bridgehead atoms. The van der Waals surface area contributed by atoms with Crippen LogP contribution >= 0.6 is 0 Å². The summed E-state index contributed by atoms with van der Waals surface area (Å²) < 4.78 is 1.40. The molecule has 114 valence electrons. The molecule has 1 aromatic carbocycles. The van der Waals surface area contributed by atoms with Gasteiger partial charge in [-0.15, -0.1) is 0 Å². The van der Waals surface area contributed by atoms with Crippen molar-refractivity contribution >= 4 is 16.7 Å². The fourth-order valence-electron chi connectivity index (χ4n) is 3.08. The summed E-state index contributed by atoms with van der Waals surface area (Å²) in [5.74, 6) is 0.494. The third kappa shape index (κ3) is 2.00. The van der Waals surface area contributed by atoms with Crippen LogP contribution in [0.4, 0.5) is 0 Å². The highest BCUT2D eigenvalue weighted by atomic mass is 16.1. The van der Waals surface area contributed by atoms with Gasteiger partial charge in [0.15, 0.2) is 5.82 Å². The van der Waals surface area contributed by atoms with Gasteiger partial charge in [0.1, 0.15) is 0 Å². The van der Waals surface area contributed by atoms with Crippen LogP contribution in [0.25, 0.3) is 16.6 Å². The third-order valence-corrected chi connectivity index (χ3v) is 4.06. The predicted molar refractivity (Wildman–Crippen MR) is 87.1 cm³/mol. The number of hydrogen-bond donors (Lipinski definition) is 0. The molecule has 4 rings (SSSR count). The quantitative estimate of drug-likeness (QED) is 0.571. The Morgan fingerprint density at radius 2 is 2.00 bits per heavy atom. The third-order valence-electron chi connectivity index (χ3n) is 4.06. The monoisotopic (exact) mass is 305 g/mol. The van der Waals surface area contributed by atoms with Gasteiger partial charge >= 0.3 is 0 Å². The first-order chi connectivity index (χ1) is 11.1. The van der Waals surface area contributed by atoms with E-state index in [0.717, 1.165) is 12.0 Å². The maximum atomic E-state index is 12.7. The SMILES string of the molecule is CC(C)Cc1ccc2c(c1)C(=O)c1nc3ccncc3c(=O)n1-2. The van der Waals surface area contributed by atoms with E-state index in [0.29, 0.717) is 28.1 Å². The van der Waals surface area contributed by atoms with Gasteiger partial charge in [0.25, 0.3) is 5.56 Å². The predicted octanol–water partition coefficient (Wildman–Crippen LogP) is 2.52. The molecule has 5 heteroatoms. The molecule has 0 saturated carbocycles. The number of carbonyl (C=O) groups excluding carboxylic acids is 1. The molecule has 5 nitrogen and oxygen atoms in total. The molecule has 2 aromatic heterocycles. The van der Waals surface area contributed by atoms with E-state index in [1.165, 1.54) is 10.8 Å². The number of benzene rings is 1. The van der Waals surface area contributed by atoms with Gasteiger partial charge in [0.05, 0.1) is 22.2 Å². The number of ketones is 1. The first-order valence-corrected chi connectivity index (χ1v) is 7.61. The van der Waals surface area contributed by atoms with Gasteiger partial charge < -0.3 is 0 Å². The van der Waals surface area contributed by atoms with Crippen molar-refractivity contribution in [1.82, 2.24) is 14.5 Å². The van der Waals surface area contributed by atoms with Crippen LogP contribution in [0.2, 0.25) is 0 Å². The molecule has 0 saturated heterocycles. The second kappa shape index (κ2) is 4.84. The lowest BCUT2D eigenvalue weighted by molar-refractivity contribution is 0.103. The minimum absolute atomic E-state index is 0.186. The normalized spacial score (nSPS) is 12.7. The van der Waals surface area contributed by atoms with Crippen LogP contribution in [0, 0.1) is 5.92 Å². The molecule has 0 atom stereocenters. The van der Waals surface area contributed by atoms with E-state index in [1.807, 2.05) is 18.2 Å². The molecule has 3 heterocycles. The summed E-state index contributed by atoms with van der Waals surface area (Å²) in [6.07, 6.45) is 3.96. The Kier molecular flexibility index (Phi) is 2.91. The Morgan fingerprint density at radius 3 is 2.78 bits per heavy atom. The van der Waals surface area contributed by atoms with E-state index in [9.17, 15) is 9.59 Å². The van der Waals surface area contributed by atoms with Crippen LogP contribution in [-0.4, -0.2) is 20.3 Å². The largest absolute Gasteiger partial charge is 0.285 e. The molecular weight excluding hydrogens is 290 g/mol. The van der Waals surface area contributed by atoms with Gasteiger partial charge in [-0.2, -0.15) is 0 Å². The lowest BCUT2D eigenvalue weighted by Gasteiger charge is -2.07. The molecule has 0 N–H and O–H groups in total. The maximum Gasteiger partial charge on any atom is 0.267 e. The Balaban J connectivity index is 1.98. The van der Waals surface area contributed by atoms with Gasteiger partial charge in [-0.25, -0.2) is 4.98 Å². The minimum Gasteiger partial charge on any atom is -0.285 e. The number of pyridine rings is 1. The van der Waals surface area contributed by atoms with Crippen molar-refractivity contribution in [2.45, 2.75) is 20.3 Å². The molecule has 0 fully saturated rings. The second-order valence-corrected chi connectivity index (χ2v) is 6.25. The molecule has 0 aliphatic carbocycles. The standard InChI is InChI=1S/C18H15N3O2/c1-10(2)7-11-3-4-15-12(8-11)16(22)17-20-14-5-6-19-9-13(14)18(23)21(15)17/h3-6,8-10H,7H2,1-2H3. The van der Waals surface area contributed by atoms with E-state index in [4.69, 9.17) is 0 Å². The van der Waals surface area contributed by atoms with E-state index in [-0.39, 0.29) is 17.2 Å². The van der Waals surface area contributed by atoms with E-state index in [2.05, 4.69) is 23.8 Å². The molecule has 1 aliphatic rings. The smallest absolute Gasteiger partial charge is 0.267 e. The minimum atomic E-state index is -0.248. The average Bonchev–Trinajstić information content (AvgIpc) is 2.80. The van der Waals surface area contributed by atoms with Crippen molar-refractivity contribution in [1.29, 1.82) is 0 Å². The lowest BCUT2D eigenvalue weighted by Crippen LogP contribution is -2.21. The highest BCUT2D eigenvalue weighted by Gasteiger charge is 2.30.